The van der Waals surface area contributed by atoms with Gasteiger partial charge in [-0.1, -0.05) is 29.3 Å². The van der Waals surface area contributed by atoms with Gasteiger partial charge in [-0.3, -0.25) is 4.79 Å². The molecule has 0 saturated carbocycles. The normalized spacial score (nSPS) is 16.1. The van der Waals surface area contributed by atoms with Gasteiger partial charge in [0.25, 0.3) is 0 Å². The van der Waals surface area contributed by atoms with E-state index >= 15 is 0 Å². The summed E-state index contributed by atoms with van der Waals surface area (Å²) in [6.07, 6.45) is 0.870. The number of piperidine rings is 1. The Balaban J connectivity index is 1.68. The van der Waals surface area contributed by atoms with Gasteiger partial charge in [-0.25, -0.2) is 19.3 Å². The lowest BCUT2D eigenvalue weighted by molar-refractivity contribution is -0.123. The number of nitrogens with zero attached hydrogens (tertiary/aromatic N) is 2. The highest BCUT2D eigenvalue weighted by Crippen LogP contribution is 2.28. The van der Waals surface area contributed by atoms with Crippen molar-refractivity contribution < 1.29 is 13.2 Å². The molecule has 0 aliphatic carbocycles. The number of hydrogen-bond donors (Lipinski definition) is 1. The van der Waals surface area contributed by atoms with Crippen molar-refractivity contribution in [3.63, 3.8) is 0 Å². The molecule has 1 aliphatic heterocycles. The van der Waals surface area contributed by atoms with Gasteiger partial charge in [0.2, 0.25) is 15.9 Å². The van der Waals surface area contributed by atoms with Crippen molar-refractivity contribution in [1.29, 1.82) is 0 Å². The number of nitrogens with two attached hydrogens (primary N) is 1. The van der Waals surface area contributed by atoms with Crippen LogP contribution in [0.2, 0.25) is 5.02 Å². The highest BCUT2D eigenvalue weighted by atomic mass is 35.5. The zero-order valence-electron chi connectivity index (χ0n) is 15.9. The maximum Gasteiger partial charge on any atom is 0.244 e. The fourth-order valence-electron chi connectivity index (χ4n) is 3.50. The van der Waals surface area contributed by atoms with Gasteiger partial charge in [-0.15, -0.1) is 0 Å². The molecule has 150 valence electrons. The van der Waals surface area contributed by atoms with Crippen LogP contribution in [0.5, 0.6) is 0 Å². The summed E-state index contributed by atoms with van der Waals surface area (Å²) in [7, 11) is -3.57. The second-order valence-electron chi connectivity index (χ2n) is 7.13. The number of aryl methyl sites for hydroxylation is 2. The molecule has 3 rings (SSSR count). The summed E-state index contributed by atoms with van der Waals surface area (Å²) in [5.74, 6) is 5.44. The summed E-state index contributed by atoms with van der Waals surface area (Å²) >= 11 is 5.87. The van der Waals surface area contributed by atoms with Crippen LogP contribution in [0.1, 0.15) is 24.0 Å². The largest absolute Gasteiger partial charge is 0.273 e. The van der Waals surface area contributed by atoms with Crippen LogP contribution in [-0.2, 0) is 14.8 Å². The van der Waals surface area contributed by atoms with Gasteiger partial charge in [-0.05, 0) is 62.6 Å². The molecule has 0 unspecified atom stereocenters. The van der Waals surface area contributed by atoms with Crippen LogP contribution in [0.25, 0.3) is 0 Å². The molecule has 0 atom stereocenters. The summed E-state index contributed by atoms with van der Waals surface area (Å²) in [5, 5.41) is 1.68. The summed E-state index contributed by atoms with van der Waals surface area (Å²) < 4.78 is 27.4. The first kappa shape index (κ1) is 20.8. The fourth-order valence-corrected chi connectivity index (χ4v) is 5.30. The van der Waals surface area contributed by atoms with Crippen molar-refractivity contribution in [3.8, 4) is 0 Å². The third-order valence-electron chi connectivity index (χ3n) is 5.09. The van der Waals surface area contributed by atoms with E-state index in [1.165, 1.54) is 4.31 Å². The van der Waals surface area contributed by atoms with E-state index in [9.17, 15) is 13.2 Å². The van der Waals surface area contributed by atoms with Gasteiger partial charge < -0.3 is 0 Å². The van der Waals surface area contributed by atoms with Crippen LogP contribution in [-0.4, -0.2) is 31.7 Å². The molecule has 1 saturated heterocycles. The molecule has 6 nitrogen and oxygen atoms in total. The molecular formula is C20H24ClN3O3S. The number of hydrogen-bond acceptors (Lipinski definition) is 4. The Morgan fingerprint density at radius 2 is 1.71 bits per heavy atom. The van der Waals surface area contributed by atoms with Crippen molar-refractivity contribution >= 4 is 33.2 Å². The van der Waals surface area contributed by atoms with Gasteiger partial charge in [0.15, 0.2) is 0 Å². The second kappa shape index (κ2) is 8.21. The zero-order chi connectivity index (χ0) is 20.5. The average molecular weight is 422 g/mol. The zero-order valence-corrected chi connectivity index (χ0v) is 17.5. The monoisotopic (exact) mass is 421 g/mol. The topological polar surface area (TPSA) is 83.7 Å². The number of hydrazine groups is 1. The lowest BCUT2D eigenvalue weighted by atomic mass is 9.97. The first-order valence-corrected chi connectivity index (χ1v) is 10.9. The smallest absolute Gasteiger partial charge is 0.244 e. The predicted octanol–water partition coefficient (Wildman–Crippen LogP) is 3.26. The number of halogens is 1. The Kier molecular flexibility index (Phi) is 6.09. The van der Waals surface area contributed by atoms with Crippen LogP contribution < -0.4 is 10.9 Å². The lowest BCUT2D eigenvalue weighted by Gasteiger charge is -2.32. The van der Waals surface area contributed by atoms with Gasteiger partial charge in [-0.2, -0.15) is 4.31 Å². The molecular weight excluding hydrogens is 398 g/mol. The number of rotatable bonds is 4. The van der Waals surface area contributed by atoms with Gasteiger partial charge >= 0.3 is 0 Å². The summed E-state index contributed by atoms with van der Waals surface area (Å²) in [4.78, 5) is 13.0. The Morgan fingerprint density at radius 3 is 2.29 bits per heavy atom. The number of amides is 1. The molecule has 0 bridgehead atoms. The first-order valence-electron chi connectivity index (χ1n) is 9.12. The fraction of sp³-hybridized carbons (Fsp3) is 0.350. The van der Waals surface area contributed by atoms with E-state index in [4.69, 9.17) is 17.4 Å². The molecule has 2 aromatic carbocycles. The lowest BCUT2D eigenvalue weighted by Crippen LogP contribution is -2.47. The molecule has 2 aromatic rings. The quantitative estimate of drug-likeness (QED) is 0.466. The van der Waals surface area contributed by atoms with E-state index in [1.807, 2.05) is 13.0 Å². The highest BCUT2D eigenvalue weighted by Gasteiger charge is 2.34. The molecule has 8 heteroatoms. The number of carbonyl (C=O) groups excluding carboxylic acids is 1. The van der Waals surface area contributed by atoms with E-state index in [0.29, 0.717) is 41.5 Å². The molecule has 1 fully saturated rings. The van der Waals surface area contributed by atoms with Crippen molar-refractivity contribution in [1.82, 2.24) is 4.31 Å². The Labute approximate surface area is 170 Å². The van der Waals surface area contributed by atoms with Gasteiger partial charge in [0.1, 0.15) is 0 Å². The van der Waals surface area contributed by atoms with E-state index in [1.54, 1.807) is 43.3 Å². The summed E-state index contributed by atoms with van der Waals surface area (Å²) in [6, 6.07) is 12.0. The molecule has 0 radical (unpaired) electrons. The van der Waals surface area contributed by atoms with Crippen LogP contribution in [0.4, 0.5) is 5.69 Å². The number of carbonyl (C=O) groups is 1. The van der Waals surface area contributed by atoms with Gasteiger partial charge in [0.05, 0.1) is 10.6 Å². The Hall–Kier alpha value is -1.93. The highest BCUT2D eigenvalue weighted by molar-refractivity contribution is 7.89. The molecule has 2 N–H and O–H groups in total. The minimum absolute atomic E-state index is 0.217. The SMILES string of the molecule is Cc1ccc(S(=O)(=O)N2CCC(C(=O)N(N)c3ccc(Cl)cc3)CC2)c(C)c1. The van der Waals surface area contributed by atoms with Crippen molar-refractivity contribution in [2.75, 3.05) is 18.1 Å². The molecule has 28 heavy (non-hydrogen) atoms. The van der Waals surface area contributed by atoms with Crippen LogP contribution >= 0.6 is 11.6 Å². The van der Waals surface area contributed by atoms with Crippen molar-refractivity contribution in [2.45, 2.75) is 31.6 Å². The molecule has 0 spiro atoms. The average Bonchev–Trinajstić information content (AvgIpc) is 2.67. The van der Waals surface area contributed by atoms with Crippen LogP contribution in [0.3, 0.4) is 0 Å². The third-order valence-corrected chi connectivity index (χ3v) is 7.40. The third kappa shape index (κ3) is 4.22. The summed E-state index contributed by atoms with van der Waals surface area (Å²) in [5.41, 5.74) is 2.31. The maximum absolute atomic E-state index is 13.0. The first-order chi connectivity index (χ1) is 13.2. The standard InChI is InChI=1S/C20H24ClN3O3S/c1-14-3-8-19(15(2)13-14)28(26,27)23-11-9-16(10-12-23)20(25)24(22)18-6-4-17(21)5-7-18/h3-8,13,16H,9-12,22H2,1-2H3. The number of benzene rings is 2. The number of sulfonamides is 1. The van der Waals surface area contributed by atoms with E-state index in [2.05, 4.69) is 0 Å². The number of anilines is 1. The summed E-state index contributed by atoms with van der Waals surface area (Å²) in [6.45, 7) is 4.31. The second-order valence-corrected chi connectivity index (χ2v) is 9.47. The molecule has 0 aromatic heterocycles. The van der Waals surface area contributed by atoms with Crippen molar-refractivity contribution in [3.05, 3.63) is 58.6 Å². The minimum Gasteiger partial charge on any atom is -0.273 e. The van der Waals surface area contributed by atoms with Crippen molar-refractivity contribution in [2.24, 2.45) is 11.8 Å². The molecule has 1 heterocycles. The Bertz CT molecular complexity index is 969. The molecule has 1 amide bonds. The molecule has 1 aliphatic rings. The predicted molar refractivity (Wildman–Crippen MR) is 111 cm³/mol. The van der Waals surface area contributed by atoms with E-state index in [0.717, 1.165) is 16.1 Å². The minimum atomic E-state index is -3.57. The van der Waals surface area contributed by atoms with E-state index < -0.39 is 10.0 Å². The van der Waals surface area contributed by atoms with Crippen LogP contribution in [0, 0.1) is 19.8 Å². The maximum atomic E-state index is 13.0. The Morgan fingerprint density at radius 1 is 1.11 bits per heavy atom. The van der Waals surface area contributed by atoms with E-state index in [-0.39, 0.29) is 11.8 Å². The van der Waals surface area contributed by atoms with Crippen LogP contribution in [0.15, 0.2) is 47.4 Å². The van der Waals surface area contributed by atoms with Gasteiger partial charge in [0, 0.05) is 24.0 Å².